The Morgan fingerprint density at radius 2 is 2.19 bits per heavy atom. The van der Waals surface area contributed by atoms with Gasteiger partial charge in [-0.1, -0.05) is 12.1 Å². The molecule has 4 heteroatoms. The van der Waals surface area contributed by atoms with Crippen LogP contribution >= 0.6 is 12.4 Å². The summed E-state index contributed by atoms with van der Waals surface area (Å²) in [6.45, 7) is 3.37. The number of hydrogen-bond donors (Lipinski definition) is 1. The maximum Gasteiger partial charge on any atom is 0.122 e. The molecule has 0 unspecified atom stereocenters. The molecule has 0 saturated carbocycles. The Balaban J connectivity index is 0.000000963. The first-order valence-electron chi connectivity index (χ1n) is 5.50. The van der Waals surface area contributed by atoms with Crippen molar-refractivity contribution in [2.45, 2.75) is 12.5 Å². The Hall–Kier alpha value is -0.770. The average Bonchev–Trinajstić information content (AvgIpc) is 2.77. The predicted molar refractivity (Wildman–Crippen MR) is 64.5 cm³/mol. The quantitative estimate of drug-likeness (QED) is 0.812. The van der Waals surface area contributed by atoms with Crippen molar-refractivity contribution < 1.29 is 9.47 Å². The van der Waals surface area contributed by atoms with Crippen molar-refractivity contribution in [1.82, 2.24) is 5.32 Å². The fourth-order valence-electron chi connectivity index (χ4n) is 2.20. The van der Waals surface area contributed by atoms with Crippen molar-refractivity contribution in [2.75, 3.05) is 26.4 Å². The SMILES string of the molecule is Cl.c1cc2c(cc1[C@@H]1COCCN1)CCO2. The minimum atomic E-state index is 0. The standard InChI is InChI=1S/C12H15NO2.ClH/c1-2-12-10(3-5-15-12)7-9(1)11-8-14-6-4-13-11;/h1-2,7,11,13H,3-6,8H2;1H/t11-;/m0./s1. The Morgan fingerprint density at radius 1 is 1.25 bits per heavy atom. The van der Waals surface area contributed by atoms with Crippen molar-refractivity contribution in [3.8, 4) is 5.75 Å². The van der Waals surface area contributed by atoms with Crippen LogP contribution in [0.25, 0.3) is 0 Å². The lowest BCUT2D eigenvalue weighted by atomic mass is 10.0. The number of halogens is 1. The summed E-state index contributed by atoms with van der Waals surface area (Å²) in [5.41, 5.74) is 2.65. The summed E-state index contributed by atoms with van der Waals surface area (Å²) in [5, 5.41) is 3.46. The van der Waals surface area contributed by atoms with E-state index in [4.69, 9.17) is 9.47 Å². The molecule has 88 valence electrons. The lowest BCUT2D eigenvalue weighted by Gasteiger charge is -2.24. The average molecular weight is 242 g/mol. The van der Waals surface area contributed by atoms with Gasteiger partial charge in [0.25, 0.3) is 0 Å². The van der Waals surface area contributed by atoms with Crippen LogP contribution in [0.2, 0.25) is 0 Å². The van der Waals surface area contributed by atoms with Gasteiger partial charge in [-0.05, 0) is 17.2 Å². The summed E-state index contributed by atoms with van der Waals surface area (Å²) < 4.78 is 11.0. The Labute approximate surface area is 102 Å². The highest BCUT2D eigenvalue weighted by Crippen LogP contribution is 2.28. The second kappa shape index (κ2) is 5.04. The zero-order chi connectivity index (χ0) is 10.1. The molecule has 2 heterocycles. The number of morpholine rings is 1. The van der Waals surface area contributed by atoms with Gasteiger partial charge in [0.15, 0.2) is 0 Å². The first-order valence-corrected chi connectivity index (χ1v) is 5.50. The first kappa shape index (κ1) is 11.7. The number of nitrogens with one attached hydrogen (secondary N) is 1. The second-order valence-corrected chi connectivity index (χ2v) is 4.05. The number of benzene rings is 1. The highest BCUT2D eigenvalue weighted by Gasteiger charge is 2.18. The molecule has 1 saturated heterocycles. The third-order valence-corrected chi connectivity index (χ3v) is 3.04. The molecule has 1 fully saturated rings. The molecule has 0 aromatic heterocycles. The number of fused-ring (bicyclic) bond motifs is 1. The van der Waals surface area contributed by atoms with E-state index >= 15 is 0 Å². The molecule has 0 bridgehead atoms. The smallest absolute Gasteiger partial charge is 0.122 e. The normalized spacial score (nSPS) is 23.1. The van der Waals surface area contributed by atoms with E-state index < -0.39 is 0 Å². The predicted octanol–water partition coefficient (Wildman–Crippen LogP) is 1.70. The molecule has 2 aliphatic heterocycles. The van der Waals surface area contributed by atoms with Crippen molar-refractivity contribution in [3.63, 3.8) is 0 Å². The molecule has 0 aliphatic carbocycles. The van der Waals surface area contributed by atoms with Crippen LogP contribution in [0.4, 0.5) is 0 Å². The van der Waals surface area contributed by atoms with Gasteiger partial charge in [-0.3, -0.25) is 0 Å². The molecule has 1 aromatic rings. The summed E-state index contributed by atoms with van der Waals surface area (Å²) >= 11 is 0. The van der Waals surface area contributed by atoms with Crippen molar-refractivity contribution in [1.29, 1.82) is 0 Å². The highest BCUT2D eigenvalue weighted by molar-refractivity contribution is 5.85. The molecule has 2 aliphatic rings. The third-order valence-electron chi connectivity index (χ3n) is 3.04. The lowest BCUT2D eigenvalue weighted by molar-refractivity contribution is 0.0768. The maximum atomic E-state index is 5.49. The zero-order valence-electron chi connectivity index (χ0n) is 9.07. The van der Waals surface area contributed by atoms with Gasteiger partial charge in [-0.15, -0.1) is 12.4 Å². The van der Waals surface area contributed by atoms with Gasteiger partial charge in [0.1, 0.15) is 5.75 Å². The van der Waals surface area contributed by atoms with E-state index in [9.17, 15) is 0 Å². The van der Waals surface area contributed by atoms with Crippen LogP contribution < -0.4 is 10.1 Å². The van der Waals surface area contributed by atoms with Crippen LogP contribution in [0.1, 0.15) is 17.2 Å². The second-order valence-electron chi connectivity index (χ2n) is 4.05. The molecule has 0 amide bonds. The monoisotopic (exact) mass is 241 g/mol. The summed E-state index contributed by atoms with van der Waals surface area (Å²) in [7, 11) is 0. The number of ether oxygens (including phenoxy) is 2. The molecule has 1 N–H and O–H groups in total. The minimum absolute atomic E-state index is 0. The molecule has 1 atom stereocenters. The van der Waals surface area contributed by atoms with E-state index in [0.29, 0.717) is 6.04 Å². The molecular formula is C12H16ClNO2. The summed E-state index contributed by atoms with van der Waals surface area (Å²) in [6.07, 6.45) is 1.04. The van der Waals surface area contributed by atoms with E-state index in [1.54, 1.807) is 0 Å². The topological polar surface area (TPSA) is 30.5 Å². The van der Waals surface area contributed by atoms with Crippen molar-refractivity contribution >= 4 is 12.4 Å². The van der Waals surface area contributed by atoms with E-state index in [2.05, 4.69) is 23.5 Å². The largest absolute Gasteiger partial charge is 0.493 e. The molecule has 16 heavy (non-hydrogen) atoms. The van der Waals surface area contributed by atoms with Gasteiger partial charge in [0.05, 0.1) is 25.9 Å². The van der Waals surface area contributed by atoms with E-state index in [1.165, 1.54) is 11.1 Å². The van der Waals surface area contributed by atoms with Crippen LogP contribution in [0.5, 0.6) is 5.75 Å². The highest BCUT2D eigenvalue weighted by atomic mass is 35.5. The molecule has 1 aromatic carbocycles. The van der Waals surface area contributed by atoms with Gasteiger partial charge in [0, 0.05) is 13.0 Å². The fraction of sp³-hybridized carbons (Fsp3) is 0.500. The number of rotatable bonds is 1. The van der Waals surface area contributed by atoms with E-state index in [0.717, 1.165) is 38.5 Å². The molecule has 3 rings (SSSR count). The Kier molecular flexibility index (Phi) is 3.69. The van der Waals surface area contributed by atoms with Gasteiger partial charge < -0.3 is 14.8 Å². The molecule has 0 spiro atoms. The van der Waals surface area contributed by atoms with Crippen molar-refractivity contribution in [3.05, 3.63) is 29.3 Å². The maximum absolute atomic E-state index is 5.49. The van der Waals surface area contributed by atoms with Crippen LogP contribution in [0.15, 0.2) is 18.2 Å². The fourth-order valence-corrected chi connectivity index (χ4v) is 2.20. The third kappa shape index (κ3) is 2.17. The summed E-state index contributed by atoms with van der Waals surface area (Å²) in [6, 6.07) is 6.81. The minimum Gasteiger partial charge on any atom is -0.493 e. The van der Waals surface area contributed by atoms with Crippen LogP contribution in [0, 0.1) is 0 Å². The van der Waals surface area contributed by atoms with Crippen molar-refractivity contribution in [2.24, 2.45) is 0 Å². The summed E-state index contributed by atoms with van der Waals surface area (Å²) in [5.74, 6) is 1.05. The first-order chi connectivity index (χ1) is 7.43. The van der Waals surface area contributed by atoms with E-state index in [1.807, 2.05) is 0 Å². The molecule has 3 nitrogen and oxygen atoms in total. The molecular weight excluding hydrogens is 226 g/mol. The number of hydrogen-bond acceptors (Lipinski definition) is 3. The van der Waals surface area contributed by atoms with Crippen LogP contribution in [-0.4, -0.2) is 26.4 Å². The summed E-state index contributed by atoms with van der Waals surface area (Å²) in [4.78, 5) is 0. The van der Waals surface area contributed by atoms with Crippen LogP contribution in [-0.2, 0) is 11.2 Å². The van der Waals surface area contributed by atoms with Gasteiger partial charge in [0.2, 0.25) is 0 Å². The van der Waals surface area contributed by atoms with Gasteiger partial charge in [-0.25, -0.2) is 0 Å². The van der Waals surface area contributed by atoms with Gasteiger partial charge in [-0.2, -0.15) is 0 Å². The Bertz CT molecular complexity index is 364. The Morgan fingerprint density at radius 3 is 3.00 bits per heavy atom. The molecule has 0 radical (unpaired) electrons. The van der Waals surface area contributed by atoms with Gasteiger partial charge >= 0.3 is 0 Å². The van der Waals surface area contributed by atoms with Crippen LogP contribution in [0.3, 0.4) is 0 Å². The lowest BCUT2D eigenvalue weighted by Crippen LogP contribution is -2.34. The zero-order valence-corrected chi connectivity index (χ0v) is 9.89. The van der Waals surface area contributed by atoms with E-state index in [-0.39, 0.29) is 12.4 Å².